The first-order valence-electron chi connectivity index (χ1n) is 7.99. The number of nitrogens with one attached hydrogen (secondary N) is 1. The third-order valence-electron chi connectivity index (χ3n) is 4.13. The molecule has 0 radical (unpaired) electrons. The second-order valence-electron chi connectivity index (χ2n) is 5.85. The topological polar surface area (TPSA) is 34.0 Å². The molecule has 1 amide bonds. The molecule has 1 N–H and O–H groups in total. The van der Waals surface area contributed by atoms with Gasteiger partial charge in [-0.3, -0.25) is 4.79 Å². The Bertz CT molecular complexity index is 1080. The summed E-state index contributed by atoms with van der Waals surface area (Å²) < 4.78 is 16.1. The van der Waals surface area contributed by atoms with Crippen molar-refractivity contribution >= 4 is 44.7 Å². The molecule has 3 nitrogen and oxygen atoms in total. The van der Waals surface area contributed by atoms with Crippen LogP contribution in [0.2, 0.25) is 5.02 Å². The minimum Gasteiger partial charge on any atom is -0.331 e. The highest BCUT2D eigenvalue weighted by Crippen LogP contribution is 2.28. The summed E-state index contributed by atoms with van der Waals surface area (Å²) in [6.45, 7) is 0.478. The number of benzene rings is 2. The summed E-state index contributed by atoms with van der Waals surface area (Å²) in [7, 11) is 0. The minimum atomic E-state index is -0.279. The molecule has 0 spiro atoms. The van der Waals surface area contributed by atoms with E-state index in [1.165, 1.54) is 12.1 Å². The van der Waals surface area contributed by atoms with Gasteiger partial charge in [0, 0.05) is 6.54 Å². The van der Waals surface area contributed by atoms with Gasteiger partial charge in [0.05, 0.1) is 20.9 Å². The van der Waals surface area contributed by atoms with Crippen molar-refractivity contribution in [1.82, 2.24) is 4.57 Å². The zero-order chi connectivity index (χ0) is 18.1. The molecule has 26 heavy (non-hydrogen) atoms. The Hall–Kier alpha value is -2.63. The number of hydrogen-bond donors (Lipinski definition) is 1. The maximum Gasteiger partial charge on any atom is 0.272 e. The summed E-state index contributed by atoms with van der Waals surface area (Å²) in [6.07, 6.45) is 0. The van der Waals surface area contributed by atoms with E-state index in [1.807, 2.05) is 34.2 Å². The van der Waals surface area contributed by atoms with Gasteiger partial charge in [0.2, 0.25) is 0 Å². The number of amides is 1. The largest absolute Gasteiger partial charge is 0.331 e. The zero-order valence-electron chi connectivity index (χ0n) is 13.6. The van der Waals surface area contributed by atoms with Gasteiger partial charge in [-0.1, -0.05) is 35.9 Å². The number of halogens is 2. The summed E-state index contributed by atoms with van der Waals surface area (Å²) >= 11 is 7.72. The predicted octanol–water partition coefficient (Wildman–Crippen LogP) is 5.80. The molecule has 2 heterocycles. The van der Waals surface area contributed by atoms with Crippen molar-refractivity contribution < 1.29 is 9.18 Å². The Morgan fingerprint density at radius 3 is 2.65 bits per heavy atom. The number of thiophene rings is 1. The first-order chi connectivity index (χ1) is 12.6. The molecule has 0 aliphatic heterocycles. The van der Waals surface area contributed by atoms with E-state index < -0.39 is 0 Å². The van der Waals surface area contributed by atoms with E-state index in [0.717, 1.165) is 15.8 Å². The molecule has 0 atom stereocenters. The molecule has 0 saturated heterocycles. The smallest absolute Gasteiger partial charge is 0.272 e. The van der Waals surface area contributed by atoms with Crippen LogP contribution >= 0.6 is 22.9 Å². The Morgan fingerprint density at radius 1 is 1.12 bits per heavy atom. The van der Waals surface area contributed by atoms with Gasteiger partial charge in [0.25, 0.3) is 5.91 Å². The van der Waals surface area contributed by atoms with Gasteiger partial charge >= 0.3 is 0 Å². The average molecular weight is 385 g/mol. The number of carbonyl (C=O) groups excluding carboxylic acids is 1. The van der Waals surface area contributed by atoms with Crippen molar-refractivity contribution in [3.63, 3.8) is 0 Å². The van der Waals surface area contributed by atoms with E-state index in [0.29, 0.717) is 22.9 Å². The molecule has 0 aliphatic carbocycles. The monoisotopic (exact) mass is 384 g/mol. The molecule has 4 rings (SSSR count). The zero-order valence-corrected chi connectivity index (χ0v) is 15.2. The molecule has 0 bridgehead atoms. The van der Waals surface area contributed by atoms with Crippen LogP contribution in [-0.2, 0) is 6.54 Å². The van der Waals surface area contributed by atoms with E-state index in [4.69, 9.17) is 11.6 Å². The van der Waals surface area contributed by atoms with E-state index in [2.05, 4.69) is 5.32 Å². The Balaban J connectivity index is 1.70. The highest BCUT2D eigenvalue weighted by Gasteiger charge is 2.17. The number of fused-ring (bicyclic) bond motifs is 1. The Labute approximate surface area is 158 Å². The fraction of sp³-hybridized carbons (Fsp3) is 0.0500. The molecule has 0 saturated carbocycles. The maximum atomic E-state index is 13.2. The number of para-hydroxylation sites is 1. The lowest BCUT2D eigenvalue weighted by atomic mass is 10.2. The van der Waals surface area contributed by atoms with Crippen molar-refractivity contribution in [2.24, 2.45) is 0 Å². The van der Waals surface area contributed by atoms with Crippen LogP contribution in [-0.4, -0.2) is 10.5 Å². The quantitative estimate of drug-likeness (QED) is 0.474. The van der Waals surface area contributed by atoms with Gasteiger partial charge in [-0.05, 0) is 47.3 Å². The van der Waals surface area contributed by atoms with Gasteiger partial charge in [0.15, 0.2) is 0 Å². The Morgan fingerprint density at radius 2 is 1.88 bits per heavy atom. The molecule has 6 heteroatoms. The van der Waals surface area contributed by atoms with Gasteiger partial charge in [-0.2, -0.15) is 0 Å². The highest BCUT2D eigenvalue weighted by atomic mass is 35.5. The van der Waals surface area contributed by atoms with Crippen LogP contribution in [0.15, 0.2) is 66.0 Å². The number of hydrogen-bond acceptors (Lipinski definition) is 2. The molecule has 2 aromatic heterocycles. The minimum absolute atomic E-state index is 0.233. The molecule has 2 aromatic carbocycles. The van der Waals surface area contributed by atoms with Gasteiger partial charge in [0.1, 0.15) is 11.5 Å². The summed E-state index contributed by atoms with van der Waals surface area (Å²) in [5.41, 5.74) is 3.00. The van der Waals surface area contributed by atoms with Crippen LogP contribution < -0.4 is 5.32 Å². The van der Waals surface area contributed by atoms with Crippen LogP contribution in [0.3, 0.4) is 0 Å². The van der Waals surface area contributed by atoms with Crippen molar-refractivity contribution in [3.8, 4) is 0 Å². The molecular formula is C20H14ClFN2OS. The number of carbonyl (C=O) groups is 1. The van der Waals surface area contributed by atoms with Gasteiger partial charge < -0.3 is 9.88 Å². The summed E-state index contributed by atoms with van der Waals surface area (Å²) in [5.74, 6) is -0.512. The fourth-order valence-corrected chi connectivity index (χ4v) is 3.86. The van der Waals surface area contributed by atoms with E-state index >= 15 is 0 Å². The fourth-order valence-electron chi connectivity index (χ4n) is 2.86. The third-order valence-corrected chi connectivity index (χ3v) is 5.31. The molecular weight excluding hydrogens is 371 g/mol. The summed E-state index contributed by atoms with van der Waals surface area (Å²) in [6, 6.07) is 17.3. The maximum absolute atomic E-state index is 13.2. The molecule has 4 aromatic rings. The predicted molar refractivity (Wildman–Crippen MR) is 105 cm³/mol. The Kier molecular flexibility index (Phi) is 4.49. The van der Waals surface area contributed by atoms with Gasteiger partial charge in [-0.15, -0.1) is 11.3 Å². The first-order valence-corrected chi connectivity index (χ1v) is 9.24. The van der Waals surface area contributed by atoms with Gasteiger partial charge in [-0.25, -0.2) is 4.39 Å². The van der Waals surface area contributed by atoms with E-state index in [1.54, 1.807) is 35.6 Å². The molecule has 0 fully saturated rings. The third kappa shape index (κ3) is 3.23. The summed E-state index contributed by atoms with van der Waals surface area (Å²) in [5, 5.41) is 5.34. The van der Waals surface area contributed by atoms with Crippen molar-refractivity contribution in [3.05, 3.63) is 88.1 Å². The second kappa shape index (κ2) is 6.94. The normalized spacial score (nSPS) is 11.0. The standard InChI is InChI=1S/C20H14ClFN2OS/c21-15-3-1-2-4-16(15)23-20(25)18-11-19-17(9-10-26-19)24(18)12-13-5-7-14(22)8-6-13/h1-11H,12H2,(H,23,25). The van der Waals surface area contributed by atoms with Crippen LogP contribution in [0.4, 0.5) is 10.1 Å². The van der Waals surface area contributed by atoms with Crippen LogP contribution in [0.1, 0.15) is 16.1 Å². The highest BCUT2D eigenvalue weighted by molar-refractivity contribution is 7.17. The van der Waals surface area contributed by atoms with Crippen molar-refractivity contribution in [2.45, 2.75) is 6.54 Å². The SMILES string of the molecule is O=C(Nc1ccccc1Cl)c1cc2sccc2n1Cc1ccc(F)cc1. The molecule has 0 unspecified atom stereocenters. The van der Waals surface area contributed by atoms with Crippen LogP contribution in [0.25, 0.3) is 10.2 Å². The second-order valence-corrected chi connectivity index (χ2v) is 7.20. The van der Waals surface area contributed by atoms with Crippen molar-refractivity contribution in [1.29, 1.82) is 0 Å². The average Bonchev–Trinajstić information content (AvgIpc) is 3.21. The lowest BCUT2D eigenvalue weighted by Gasteiger charge is -2.12. The molecule has 130 valence electrons. The van der Waals surface area contributed by atoms with E-state index in [9.17, 15) is 9.18 Å². The first kappa shape index (κ1) is 16.8. The number of rotatable bonds is 4. The lowest BCUT2D eigenvalue weighted by Crippen LogP contribution is -2.17. The number of nitrogens with zero attached hydrogens (tertiary/aromatic N) is 1. The number of aromatic nitrogens is 1. The van der Waals surface area contributed by atoms with E-state index in [-0.39, 0.29) is 11.7 Å². The number of anilines is 1. The van der Waals surface area contributed by atoms with Crippen LogP contribution in [0, 0.1) is 5.82 Å². The summed E-state index contributed by atoms with van der Waals surface area (Å²) in [4.78, 5) is 12.9. The van der Waals surface area contributed by atoms with Crippen molar-refractivity contribution in [2.75, 3.05) is 5.32 Å². The van der Waals surface area contributed by atoms with Crippen LogP contribution in [0.5, 0.6) is 0 Å². The lowest BCUT2D eigenvalue weighted by molar-refractivity contribution is 0.101. The molecule has 0 aliphatic rings.